The highest BCUT2D eigenvalue weighted by molar-refractivity contribution is 6.74. The van der Waals surface area contributed by atoms with Gasteiger partial charge in [0, 0.05) is 18.1 Å². The quantitative estimate of drug-likeness (QED) is 0.515. The number of benzene rings is 1. The van der Waals surface area contributed by atoms with Crippen LogP contribution in [0.4, 0.5) is 4.39 Å². The first-order valence-corrected chi connectivity index (χ1v) is 6.36. The van der Waals surface area contributed by atoms with Crippen LogP contribution in [0.3, 0.4) is 0 Å². The van der Waals surface area contributed by atoms with Crippen molar-refractivity contribution in [3.8, 4) is 5.75 Å². The van der Waals surface area contributed by atoms with Crippen molar-refractivity contribution in [2.75, 3.05) is 13.3 Å². The lowest BCUT2D eigenvalue weighted by Gasteiger charge is -2.25. The normalized spacial score (nSPS) is 19.1. The van der Waals surface area contributed by atoms with Crippen molar-refractivity contribution in [1.29, 1.82) is 0 Å². The fraction of sp³-hybridized carbons (Fsp3) is 0.308. The molecule has 114 valence electrons. The minimum Gasteiger partial charge on any atom is -0.556 e. The Morgan fingerprint density at radius 2 is 2.19 bits per heavy atom. The number of fused-ring (bicyclic) bond motifs is 1. The van der Waals surface area contributed by atoms with Crippen LogP contribution in [-0.4, -0.2) is 41.2 Å². The Morgan fingerprint density at radius 3 is 2.81 bits per heavy atom. The van der Waals surface area contributed by atoms with E-state index < -0.39 is 25.5 Å². The molecule has 0 fully saturated rings. The van der Waals surface area contributed by atoms with Gasteiger partial charge in [-0.25, -0.2) is 9.18 Å². The number of carboxylic acid groups (broad SMARTS) is 1. The summed E-state index contributed by atoms with van der Waals surface area (Å²) in [6, 6.07) is 4.43. The zero-order chi connectivity index (χ0) is 15.6. The first-order chi connectivity index (χ1) is 9.85. The number of alkyl halides is 1. The van der Waals surface area contributed by atoms with Crippen LogP contribution in [0, 0.1) is 0 Å². The van der Waals surface area contributed by atoms with E-state index in [4.69, 9.17) is 14.5 Å². The van der Waals surface area contributed by atoms with Crippen LogP contribution in [-0.2, 0) is 9.45 Å². The molecule has 0 saturated heterocycles. The Balaban J connectivity index is 2.26. The summed E-state index contributed by atoms with van der Waals surface area (Å²) < 4.78 is 22.3. The van der Waals surface area contributed by atoms with E-state index in [1.54, 1.807) is 6.07 Å². The second-order valence-corrected chi connectivity index (χ2v) is 4.77. The number of ether oxygens (including phenoxy) is 1. The maximum Gasteiger partial charge on any atom is 0.405 e. The Morgan fingerprint density at radius 1 is 1.48 bits per heavy atom. The standard InChI is InChI=1S/C13H15BFO6/c1-8(13(16)17)6-12-10-3-2-9(20-5-4-15)7-11(10)14(18,19)21-12/h2-3,7,12,18-19H,1,4-6H2,(H,16,17)/q-1/t12-/m1/s1. The van der Waals surface area contributed by atoms with Gasteiger partial charge in [0.2, 0.25) is 0 Å². The van der Waals surface area contributed by atoms with Crippen LogP contribution in [0.5, 0.6) is 5.75 Å². The SMILES string of the molecule is C=C(C[C@H]1O[B-](O)(O)c2cc(OCCF)ccc21)C(=O)O. The third-order valence-electron chi connectivity index (χ3n) is 3.24. The fourth-order valence-corrected chi connectivity index (χ4v) is 2.26. The third kappa shape index (κ3) is 3.23. The molecule has 1 aromatic carbocycles. The van der Waals surface area contributed by atoms with Gasteiger partial charge < -0.3 is 24.5 Å². The molecule has 0 saturated carbocycles. The van der Waals surface area contributed by atoms with E-state index in [0.717, 1.165) is 0 Å². The summed E-state index contributed by atoms with van der Waals surface area (Å²) in [6.45, 7) is -0.660. The summed E-state index contributed by atoms with van der Waals surface area (Å²) >= 11 is 0. The van der Waals surface area contributed by atoms with Gasteiger partial charge in [-0.1, -0.05) is 18.2 Å². The number of halogens is 1. The van der Waals surface area contributed by atoms with E-state index in [9.17, 15) is 19.2 Å². The fourth-order valence-electron chi connectivity index (χ4n) is 2.26. The van der Waals surface area contributed by atoms with Crippen molar-refractivity contribution in [3.05, 3.63) is 35.9 Å². The molecule has 1 aliphatic rings. The topological polar surface area (TPSA) is 96.2 Å². The molecule has 1 aliphatic heterocycles. The maximum absolute atomic E-state index is 12.1. The van der Waals surface area contributed by atoms with E-state index in [0.29, 0.717) is 5.56 Å². The van der Waals surface area contributed by atoms with Gasteiger partial charge >= 0.3 is 12.7 Å². The van der Waals surface area contributed by atoms with Crippen LogP contribution >= 0.6 is 0 Å². The highest BCUT2D eigenvalue weighted by atomic mass is 19.1. The van der Waals surface area contributed by atoms with Gasteiger partial charge in [-0.2, -0.15) is 0 Å². The summed E-state index contributed by atoms with van der Waals surface area (Å²) in [5.74, 6) is -0.897. The van der Waals surface area contributed by atoms with Crippen LogP contribution in [0.15, 0.2) is 30.4 Å². The molecule has 3 N–H and O–H groups in total. The zero-order valence-corrected chi connectivity index (χ0v) is 11.2. The molecule has 0 unspecified atom stereocenters. The Hall–Kier alpha value is -1.90. The van der Waals surface area contributed by atoms with Gasteiger partial charge in [-0.15, -0.1) is 5.46 Å². The summed E-state index contributed by atoms with van der Waals surface area (Å²) in [5.41, 5.74) is 0.460. The lowest BCUT2D eigenvalue weighted by atomic mass is 9.70. The molecule has 1 aromatic rings. The molecular weight excluding hydrogens is 282 g/mol. The number of aliphatic carboxylic acids is 1. The molecule has 2 rings (SSSR count). The Bertz CT molecular complexity index is 574. The van der Waals surface area contributed by atoms with Crippen molar-refractivity contribution in [3.63, 3.8) is 0 Å². The lowest BCUT2D eigenvalue weighted by Crippen LogP contribution is -2.47. The van der Waals surface area contributed by atoms with E-state index >= 15 is 0 Å². The monoisotopic (exact) mass is 297 g/mol. The van der Waals surface area contributed by atoms with Crippen LogP contribution < -0.4 is 10.2 Å². The number of carboxylic acids is 1. The molecule has 0 bridgehead atoms. The molecule has 1 atom stereocenters. The first kappa shape index (κ1) is 15.5. The third-order valence-corrected chi connectivity index (χ3v) is 3.24. The molecule has 0 aliphatic carbocycles. The van der Waals surface area contributed by atoms with Crippen molar-refractivity contribution in [2.24, 2.45) is 0 Å². The average molecular weight is 297 g/mol. The van der Waals surface area contributed by atoms with Crippen molar-refractivity contribution >= 4 is 18.2 Å². The molecular formula is C13H15BFO6-. The lowest BCUT2D eigenvalue weighted by molar-refractivity contribution is -0.133. The van der Waals surface area contributed by atoms with Crippen molar-refractivity contribution < 1.29 is 33.7 Å². The van der Waals surface area contributed by atoms with Gasteiger partial charge in [-0.3, -0.25) is 0 Å². The summed E-state index contributed by atoms with van der Waals surface area (Å²) in [5, 5.41) is 28.6. The molecule has 21 heavy (non-hydrogen) atoms. The number of rotatable bonds is 6. The second-order valence-electron chi connectivity index (χ2n) is 4.77. The van der Waals surface area contributed by atoms with Crippen molar-refractivity contribution in [2.45, 2.75) is 12.5 Å². The zero-order valence-electron chi connectivity index (χ0n) is 11.2. The minimum absolute atomic E-state index is 0.0718. The molecule has 6 nitrogen and oxygen atoms in total. The van der Waals surface area contributed by atoms with E-state index in [2.05, 4.69) is 6.58 Å². The highest BCUT2D eigenvalue weighted by Crippen LogP contribution is 2.33. The van der Waals surface area contributed by atoms with E-state index in [1.165, 1.54) is 12.1 Å². The maximum atomic E-state index is 12.1. The molecule has 0 amide bonds. The Kier molecular flexibility index (Phi) is 4.31. The van der Waals surface area contributed by atoms with E-state index in [1.807, 2.05) is 0 Å². The highest BCUT2D eigenvalue weighted by Gasteiger charge is 2.38. The number of hydrogen-bond acceptors (Lipinski definition) is 5. The second kappa shape index (κ2) is 5.84. The van der Waals surface area contributed by atoms with Gasteiger partial charge in [0.1, 0.15) is 19.0 Å². The van der Waals surface area contributed by atoms with Gasteiger partial charge in [-0.05, 0) is 12.1 Å². The minimum atomic E-state index is -3.25. The summed E-state index contributed by atoms with van der Waals surface area (Å²) in [6.07, 6.45) is -0.883. The van der Waals surface area contributed by atoms with Crippen LogP contribution in [0.2, 0.25) is 0 Å². The molecule has 1 heterocycles. The van der Waals surface area contributed by atoms with Gasteiger partial charge in [0.05, 0.1) is 0 Å². The van der Waals surface area contributed by atoms with Crippen LogP contribution in [0.25, 0.3) is 0 Å². The van der Waals surface area contributed by atoms with Crippen molar-refractivity contribution in [1.82, 2.24) is 0 Å². The Labute approximate surface area is 120 Å². The number of carbonyl (C=O) groups is 1. The number of hydrogen-bond donors (Lipinski definition) is 3. The molecule has 0 radical (unpaired) electrons. The largest absolute Gasteiger partial charge is 0.556 e. The molecule has 0 aromatic heterocycles. The summed E-state index contributed by atoms with van der Waals surface area (Å²) in [4.78, 5) is 10.8. The predicted molar refractivity (Wildman–Crippen MR) is 73.0 cm³/mol. The predicted octanol–water partition coefficient (Wildman–Crippen LogP) is 0.268. The van der Waals surface area contributed by atoms with E-state index in [-0.39, 0.29) is 29.8 Å². The van der Waals surface area contributed by atoms with Gasteiger partial charge in [0.15, 0.2) is 0 Å². The summed E-state index contributed by atoms with van der Waals surface area (Å²) in [7, 11) is 0. The van der Waals surface area contributed by atoms with Crippen LogP contribution in [0.1, 0.15) is 18.1 Å². The molecule has 8 heteroatoms. The first-order valence-electron chi connectivity index (χ1n) is 6.36. The smallest absolute Gasteiger partial charge is 0.405 e. The molecule has 0 spiro atoms. The average Bonchev–Trinajstić information content (AvgIpc) is 2.67. The van der Waals surface area contributed by atoms with Gasteiger partial charge in [0.25, 0.3) is 0 Å².